The highest BCUT2D eigenvalue weighted by Gasteiger charge is 2.21. The van der Waals surface area contributed by atoms with Crippen molar-refractivity contribution in [2.75, 3.05) is 19.8 Å². The van der Waals surface area contributed by atoms with Crippen LogP contribution < -0.4 is 0 Å². The number of hydrogen-bond acceptors (Lipinski definition) is 4. The Balaban J connectivity index is 2.57. The second-order valence-corrected chi connectivity index (χ2v) is 5.86. The van der Waals surface area contributed by atoms with Crippen LogP contribution in [0, 0.1) is 11.8 Å². The molecule has 1 rings (SSSR count). The Morgan fingerprint density at radius 3 is 2.58 bits per heavy atom. The van der Waals surface area contributed by atoms with Crippen molar-refractivity contribution in [3.05, 3.63) is 60.2 Å². The molecule has 1 N–H and O–H groups in total. The highest BCUT2D eigenvalue weighted by Crippen LogP contribution is 2.25. The minimum atomic E-state index is -0.300. The molecule has 4 nitrogen and oxygen atoms in total. The van der Waals surface area contributed by atoms with Gasteiger partial charge in [0.25, 0.3) is 0 Å². The molecule has 0 radical (unpaired) electrons. The van der Waals surface area contributed by atoms with E-state index in [2.05, 4.69) is 6.58 Å². The molecule has 1 aromatic carbocycles. The molecular formula is C20H28O4. The minimum absolute atomic E-state index is 0.0111. The first-order valence-corrected chi connectivity index (χ1v) is 8.22. The summed E-state index contributed by atoms with van der Waals surface area (Å²) in [5.74, 6) is -0.187. The van der Waals surface area contributed by atoms with Crippen molar-refractivity contribution in [2.45, 2.75) is 26.9 Å². The van der Waals surface area contributed by atoms with Crippen LogP contribution in [0.3, 0.4) is 0 Å². The quantitative estimate of drug-likeness (QED) is 0.383. The Kier molecular flexibility index (Phi) is 9.73. The van der Waals surface area contributed by atoms with Crippen molar-refractivity contribution in [1.29, 1.82) is 0 Å². The fourth-order valence-corrected chi connectivity index (χ4v) is 2.49. The second kappa shape index (κ2) is 11.6. The maximum Gasteiger partial charge on any atom is 0.302 e. The van der Waals surface area contributed by atoms with Crippen molar-refractivity contribution in [3.63, 3.8) is 0 Å². The van der Waals surface area contributed by atoms with Gasteiger partial charge in [-0.25, -0.2) is 0 Å². The van der Waals surface area contributed by atoms with Crippen LogP contribution in [0.4, 0.5) is 0 Å². The van der Waals surface area contributed by atoms with Crippen LogP contribution in [0.1, 0.15) is 25.8 Å². The average molecular weight is 332 g/mol. The molecule has 0 saturated heterocycles. The molecule has 0 aliphatic rings. The van der Waals surface area contributed by atoms with Crippen LogP contribution in [-0.2, 0) is 20.9 Å². The maximum atomic E-state index is 11.1. The van der Waals surface area contributed by atoms with Gasteiger partial charge in [-0.1, -0.05) is 54.6 Å². The Bertz CT molecular complexity index is 522. The summed E-state index contributed by atoms with van der Waals surface area (Å²) in [6, 6.07) is 10.0. The van der Waals surface area contributed by atoms with Gasteiger partial charge in [-0.05, 0) is 24.8 Å². The van der Waals surface area contributed by atoms with E-state index in [-0.39, 0.29) is 24.4 Å². The van der Waals surface area contributed by atoms with Crippen molar-refractivity contribution in [1.82, 2.24) is 0 Å². The van der Waals surface area contributed by atoms with Gasteiger partial charge in [0.1, 0.15) is 0 Å². The highest BCUT2D eigenvalue weighted by molar-refractivity contribution is 5.65. The first kappa shape index (κ1) is 20.1. The zero-order chi connectivity index (χ0) is 17.8. The Morgan fingerprint density at radius 2 is 2.00 bits per heavy atom. The van der Waals surface area contributed by atoms with Gasteiger partial charge in [0.15, 0.2) is 0 Å². The van der Waals surface area contributed by atoms with E-state index in [0.717, 1.165) is 17.6 Å². The zero-order valence-corrected chi connectivity index (χ0v) is 14.6. The number of carbonyl (C=O) groups is 1. The van der Waals surface area contributed by atoms with E-state index in [1.807, 2.05) is 43.3 Å². The first-order valence-electron chi connectivity index (χ1n) is 8.22. The average Bonchev–Trinajstić information content (AvgIpc) is 2.56. The lowest BCUT2D eigenvalue weighted by molar-refractivity contribution is -0.142. The number of benzene rings is 1. The fourth-order valence-electron chi connectivity index (χ4n) is 2.49. The van der Waals surface area contributed by atoms with Crippen LogP contribution >= 0.6 is 0 Å². The lowest BCUT2D eigenvalue weighted by Crippen LogP contribution is -2.22. The number of rotatable bonds is 11. The summed E-state index contributed by atoms with van der Waals surface area (Å²) >= 11 is 0. The molecule has 0 unspecified atom stereocenters. The van der Waals surface area contributed by atoms with Crippen molar-refractivity contribution >= 4 is 5.97 Å². The third kappa shape index (κ3) is 8.09. The van der Waals surface area contributed by atoms with Crippen molar-refractivity contribution in [2.24, 2.45) is 11.8 Å². The molecule has 0 spiro atoms. The normalized spacial score (nSPS) is 13.6. The van der Waals surface area contributed by atoms with Crippen LogP contribution in [-0.4, -0.2) is 30.9 Å². The summed E-state index contributed by atoms with van der Waals surface area (Å²) in [7, 11) is 0. The lowest BCUT2D eigenvalue weighted by Gasteiger charge is -2.25. The monoisotopic (exact) mass is 332 g/mol. The molecule has 0 aliphatic carbocycles. The van der Waals surface area contributed by atoms with E-state index < -0.39 is 0 Å². The van der Waals surface area contributed by atoms with Crippen LogP contribution in [0.2, 0.25) is 0 Å². The number of esters is 1. The van der Waals surface area contributed by atoms with Crippen molar-refractivity contribution in [3.8, 4) is 0 Å². The summed E-state index contributed by atoms with van der Waals surface area (Å²) in [5.41, 5.74) is 2.09. The standard InChI is InChI=1S/C20H28O4/c1-16(2)20(15-24-17(3)22)19(10-7-12-21)11-13-23-14-18-8-5-4-6-9-18/h4-10,19-21H,1,11-15H2,2-3H3/b10-7+/t19-,20+/m0/s1. The minimum Gasteiger partial charge on any atom is -0.465 e. The lowest BCUT2D eigenvalue weighted by atomic mass is 9.85. The molecule has 4 heteroatoms. The third-order valence-electron chi connectivity index (χ3n) is 3.81. The number of allylic oxidation sites excluding steroid dienone is 1. The molecule has 0 saturated carbocycles. The van der Waals surface area contributed by atoms with Crippen LogP contribution in [0.25, 0.3) is 0 Å². The van der Waals surface area contributed by atoms with E-state index in [1.165, 1.54) is 6.92 Å². The van der Waals surface area contributed by atoms with Gasteiger partial charge in [0.2, 0.25) is 0 Å². The third-order valence-corrected chi connectivity index (χ3v) is 3.81. The predicted molar refractivity (Wildman–Crippen MR) is 95.4 cm³/mol. The van der Waals surface area contributed by atoms with Crippen LogP contribution in [0.15, 0.2) is 54.6 Å². The molecule has 0 aromatic heterocycles. The Hall–Kier alpha value is -1.91. The van der Waals surface area contributed by atoms with E-state index in [0.29, 0.717) is 19.8 Å². The SMILES string of the molecule is C=C(C)[C@@H](COC(C)=O)[C@@H](/C=C/CO)CCOCc1ccccc1. The molecule has 24 heavy (non-hydrogen) atoms. The maximum absolute atomic E-state index is 11.1. The number of hydrogen-bond donors (Lipinski definition) is 1. The Morgan fingerprint density at radius 1 is 1.29 bits per heavy atom. The van der Waals surface area contributed by atoms with Crippen LogP contribution in [0.5, 0.6) is 0 Å². The van der Waals surface area contributed by atoms with E-state index in [4.69, 9.17) is 14.6 Å². The van der Waals surface area contributed by atoms with Gasteiger partial charge in [0.05, 0.1) is 19.8 Å². The predicted octanol–water partition coefficient (Wildman–Crippen LogP) is 3.51. The molecule has 0 aliphatic heterocycles. The molecule has 132 valence electrons. The molecule has 0 heterocycles. The largest absolute Gasteiger partial charge is 0.465 e. The van der Waals surface area contributed by atoms with E-state index in [9.17, 15) is 4.79 Å². The number of carbonyl (C=O) groups excluding carboxylic acids is 1. The zero-order valence-electron chi connectivity index (χ0n) is 14.6. The fraction of sp³-hybridized carbons (Fsp3) is 0.450. The topological polar surface area (TPSA) is 55.8 Å². The van der Waals surface area contributed by atoms with E-state index in [1.54, 1.807) is 6.08 Å². The van der Waals surface area contributed by atoms with Gasteiger partial charge < -0.3 is 14.6 Å². The molecule has 0 amide bonds. The molecule has 2 atom stereocenters. The molecule has 1 aromatic rings. The first-order chi connectivity index (χ1) is 11.5. The number of aliphatic hydroxyl groups excluding tert-OH is 1. The smallest absolute Gasteiger partial charge is 0.302 e. The molecular weight excluding hydrogens is 304 g/mol. The van der Waals surface area contributed by atoms with Gasteiger partial charge in [0, 0.05) is 19.4 Å². The summed E-state index contributed by atoms with van der Waals surface area (Å²) in [4.78, 5) is 11.1. The summed E-state index contributed by atoms with van der Waals surface area (Å²) in [6.07, 6.45) is 4.43. The van der Waals surface area contributed by atoms with Gasteiger partial charge in [-0.3, -0.25) is 4.79 Å². The van der Waals surface area contributed by atoms with Gasteiger partial charge >= 0.3 is 5.97 Å². The summed E-state index contributed by atoms with van der Waals surface area (Å²) < 4.78 is 10.9. The second-order valence-electron chi connectivity index (χ2n) is 5.86. The van der Waals surface area contributed by atoms with Gasteiger partial charge in [-0.2, -0.15) is 0 Å². The van der Waals surface area contributed by atoms with E-state index >= 15 is 0 Å². The molecule has 0 fully saturated rings. The van der Waals surface area contributed by atoms with Crippen molar-refractivity contribution < 1.29 is 19.4 Å². The van der Waals surface area contributed by atoms with Gasteiger partial charge in [-0.15, -0.1) is 0 Å². The Labute approximate surface area is 144 Å². The number of aliphatic hydroxyl groups is 1. The molecule has 0 bridgehead atoms. The highest BCUT2D eigenvalue weighted by atomic mass is 16.5. The summed E-state index contributed by atoms with van der Waals surface area (Å²) in [6.45, 7) is 8.77. The summed E-state index contributed by atoms with van der Waals surface area (Å²) in [5, 5.41) is 9.05. The number of ether oxygens (including phenoxy) is 2.